The van der Waals surface area contributed by atoms with E-state index in [4.69, 9.17) is 15.5 Å². The molecule has 1 fully saturated rings. The molecule has 1 saturated carbocycles. The first-order valence-corrected chi connectivity index (χ1v) is 21.8. The summed E-state index contributed by atoms with van der Waals surface area (Å²) >= 11 is 0. The van der Waals surface area contributed by atoms with E-state index in [1.807, 2.05) is 48.7 Å². The number of phenolic OH excluding ortho intramolecular Hbond substituents is 1. The highest BCUT2D eigenvalue weighted by Gasteiger charge is 2.42. The maximum absolute atomic E-state index is 14.6. The number of ketones is 2. The quantitative estimate of drug-likeness (QED) is 0.0606. The molecule has 9 atom stereocenters. The van der Waals surface area contributed by atoms with Gasteiger partial charge in [0.15, 0.2) is 17.2 Å². The minimum absolute atomic E-state index is 0.00683. The molecule has 6 rings (SSSR count). The van der Waals surface area contributed by atoms with Gasteiger partial charge < -0.3 is 31.1 Å². The minimum Gasteiger partial charge on any atom is -0.504 e. The maximum Gasteiger partial charge on any atom is 0.177 e. The molecule has 9 unspecified atom stereocenters. The number of ether oxygens (including phenoxy) is 1. The zero-order valence-electron chi connectivity index (χ0n) is 35.6. The molecular formula is C50H63N4O6+. The number of Topliss-reactive ketones (excluding diaryl/α,β-unsaturated/α-hetero) is 2. The molecule has 6 N–H and O–H groups in total. The van der Waals surface area contributed by atoms with Gasteiger partial charge in [-0.15, -0.1) is 4.99 Å². The molecule has 0 radical (unpaired) electrons. The molecule has 1 aromatic heterocycles. The van der Waals surface area contributed by atoms with Gasteiger partial charge in [0.1, 0.15) is 35.6 Å². The van der Waals surface area contributed by atoms with Crippen molar-refractivity contribution in [2.75, 3.05) is 25.9 Å². The lowest BCUT2D eigenvalue weighted by molar-refractivity contribution is -0.130. The molecule has 3 aromatic rings. The molecule has 2 aliphatic carbocycles. The number of pyridine rings is 1. The Kier molecular flexibility index (Phi) is 15.6. The van der Waals surface area contributed by atoms with Crippen molar-refractivity contribution in [2.24, 2.45) is 40.5 Å². The SMILES string of the molecule is CCCC(C(O)CC1=C[C+](C(C)CNCC(C)O)C=N1)C1CC(Cc2ccnc(N)c2)CC2C#CC(c3ccccc3)c3cc(O)c(OC)cc3CCC(=O)CC(=O)C2C1. The van der Waals surface area contributed by atoms with E-state index < -0.39 is 24.0 Å². The number of aliphatic hydroxyl groups is 2. The Morgan fingerprint density at radius 2 is 1.82 bits per heavy atom. The van der Waals surface area contributed by atoms with Gasteiger partial charge in [0.25, 0.3) is 0 Å². The van der Waals surface area contributed by atoms with E-state index in [-0.39, 0.29) is 59.7 Å². The number of aromatic hydroxyl groups is 1. The number of benzene rings is 2. The molecule has 2 aromatic carbocycles. The van der Waals surface area contributed by atoms with Crippen LogP contribution in [0.2, 0.25) is 0 Å². The number of fused-ring (bicyclic) bond motifs is 2. The summed E-state index contributed by atoms with van der Waals surface area (Å²) < 4.78 is 5.48. The van der Waals surface area contributed by atoms with Gasteiger partial charge in [0, 0.05) is 37.5 Å². The van der Waals surface area contributed by atoms with Crippen LogP contribution in [-0.4, -0.2) is 70.5 Å². The average Bonchev–Trinajstić information content (AvgIpc) is 3.61. The average molecular weight is 816 g/mol. The fourth-order valence-corrected chi connectivity index (χ4v) is 9.63. The maximum atomic E-state index is 14.6. The van der Waals surface area contributed by atoms with Gasteiger partial charge >= 0.3 is 0 Å². The molecule has 0 spiro atoms. The molecule has 318 valence electrons. The van der Waals surface area contributed by atoms with Crippen LogP contribution in [0.5, 0.6) is 11.5 Å². The standard InChI is InChI=1S/C50H62N4O6/c1-5-9-43(46(57)25-40-22-39(30-54-40)31(2)28-52-29-32(3)55)38-20-34(18-33-16-17-53-50(51)21-33)19-36-13-15-42(35-10-7-6-8-11-35)44-27-48(59)49(60-4)24-37(44)12-14-41(56)26-47(58)45(36)23-38/h6-8,10-11,16-17,21-22,24,27,30-32,34,36,38,42-43,45-46,52,55,57H,5,9,12,14,18-20,23,25-26,28-29H2,1-4H3,(H2-,51,53,59)/p+1. The molecule has 0 amide bonds. The smallest absolute Gasteiger partial charge is 0.177 e. The Hall–Kier alpha value is -4.95. The minimum atomic E-state index is -0.687. The molecule has 10 nitrogen and oxygen atoms in total. The first-order chi connectivity index (χ1) is 28.9. The molecule has 0 saturated heterocycles. The number of allylic oxidation sites excluding steroid dienone is 1. The summed E-state index contributed by atoms with van der Waals surface area (Å²) in [7, 11) is 1.51. The normalized spacial score (nSPS) is 24.0. The number of aliphatic hydroxyl groups excluding tert-OH is 2. The van der Waals surface area contributed by atoms with E-state index in [9.17, 15) is 24.9 Å². The van der Waals surface area contributed by atoms with Crippen LogP contribution in [0.15, 0.2) is 77.6 Å². The van der Waals surface area contributed by atoms with Crippen LogP contribution in [0.1, 0.15) is 100 Å². The van der Waals surface area contributed by atoms with E-state index in [1.165, 1.54) is 7.11 Å². The number of nitrogen functional groups attached to an aromatic ring is 1. The van der Waals surface area contributed by atoms with Gasteiger partial charge in [0.2, 0.25) is 0 Å². The van der Waals surface area contributed by atoms with Crippen LogP contribution in [0.3, 0.4) is 0 Å². The van der Waals surface area contributed by atoms with Crippen molar-refractivity contribution in [3.8, 4) is 23.3 Å². The third-order valence-electron chi connectivity index (χ3n) is 12.7. The van der Waals surface area contributed by atoms with Crippen LogP contribution < -0.4 is 15.8 Å². The second-order valence-corrected chi connectivity index (χ2v) is 17.4. The molecule has 0 bridgehead atoms. The summed E-state index contributed by atoms with van der Waals surface area (Å²) in [4.78, 5) is 37.3. The third kappa shape index (κ3) is 11.7. The van der Waals surface area contributed by atoms with Gasteiger partial charge in [-0.3, -0.25) is 9.59 Å². The first-order valence-electron chi connectivity index (χ1n) is 21.8. The van der Waals surface area contributed by atoms with E-state index >= 15 is 0 Å². The fraction of sp³-hybridized carbons (Fsp3) is 0.500. The monoisotopic (exact) mass is 815 g/mol. The van der Waals surface area contributed by atoms with Crippen LogP contribution in [0.4, 0.5) is 5.82 Å². The Labute approximate surface area is 356 Å². The highest BCUT2D eigenvalue weighted by Crippen LogP contribution is 2.45. The number of hydrogen-bond donors (Lipinski definition) is 5. The highest BCUT2D eigenvalue weighted by molar-refractivity contribution is 6.00. The molecule has 2 heterocycles. The van der Waals surface area contributed by atoms with E-state index in [1.54, 1.807) is 25.3 Å². The topological polar surface area (TPSA) is 167 Å². The number of carbonyl (C=O) groups excluding carboxylic acids is 2. The van der Waals surface area contributed by atoms with Crippen molar-refractivity contribution in [3.63, 3.8) is 0 Å². The third-order valence-corrected chi connectivity index (χ3v) is 12.7. The summed E-state index contributed by atoms with van der Waals surface area (Å²) in [6.07, 6.45) is 9.69. The van der Waals surface area contributed by atoms with Crippen molar-refractivity contribution < 1.29 is 29.6 Å². The number of rotatable bonds is 15. The van der Waals surface area contributed by atoms with Gasteiger partial charge in [-0.25, -0.2) is 4.98 Å². The summed E-state index contributed by atoms with van der Waals surface area (Å²) in [6, 6.07) is 17.4. The fourth-order valence-electron chi connectivity index (χ4n) is 9.63. The lowest BCUT2D eigenvalue weighted by Gasteiger charge is -2.32. The number of nitrogens with two attached hydrogens (primary N) is 1. The second kappa shape index (κ2) is 21.0. The molecule has 3 aliphatic rings. The van der Waals surface area contributed by atoms with Gasteiger partial charge in [-0.2, -0.15) is 0 Å². The molecule has 1 aliphatic heterocycles. The van der Waals surface area contributed by atoms with Gasteiger partial charge in [0.05, 0.1) is 44.0 Å². The van der Waals surface area contributed by atoms with E-state index in [2.05, 4.69) is 42.1 Å². The summed E-state index contributed by atoms with van der Waals surface area (Å²) in [5.41, 5.74) is 10.7. The van der Waals surface area contributed by atoms with Crippen molar-refractivity contribution >= 4 is 23.6 Å². The first kappa shape index (κ1) is 44.6. The summed E-state index contributed by atoms with van der Waals surface area (Å²) in [5, 5.41) is 36.2. The Bertz CT molecular complexity index is 2050. The van der Waals surface area contributed by atoms with E-state index in [0.717, 1.165) is 53.1 Å². The molecular weight excluding hydrogens is 753 g/mol. The zero-order valence-corrected chi connectivity index (χ0v) is 35.6. The number of anilines is 1. The number of phenols is 1. The lowest BCUT2D eigenvalue weighted by Crippen LogP contribution is -2.32. The number of nitrogens with one attached hydrogen (secondary N) is 1. The Balaban J connectivity index is 1.37. The predicted octanol–water partition coefficient (Wildman–Crippen LogP) is 7.20. The number of hydrogen-bond acceptors (Lipinski definition) is 10. The Morgan fingerprint density at radius 1 is 1.02 bits per heavy atom. The van der Waals surface area contributed by atoms with Crippen molar-refractivity contribution in [1.82, 2.24) is 10.3 Å². The zero-order chi connectivity index (χ0) is 42.8. The molecule has 60 heavy (non-hydrogen) atoms. The van der Waals surface area contributed by atoms with Gasteiger partial charge in [-0.05, 0) is 117 Å². The van der Waals surface area contributed by atoms with Crippen LogP contribution >= 0.6 is 0 Å². The number of methoxy groups -OCH3 is 1. The van der Waals surface area contributed by atoms with Crippen LogP contribution in [0.25, 0.3) is 0 Å². The Morgan fingerprint density at radius 3 is 2.55 bits per heavy atom. The predicted molar refractivity (Wildman–Crippen MR) is 236 cm³/mol. The summed E-state index contributed by atoms with van der Waals surface area (Å²) in [5.74, 6) is 7.89. The number of nitrogens with zero attached hydrogens (tertiary/aromatic N) is 2. The van der Waals surface area contributed by atoms with Crippen molar-refractivity contribution in [2.45, 2.75) is 103 Å². The lowest BCUT2D eigenvalue weighted by atomic mass is 9.73. The second-order valence-electron chi connectivity index (χ2n) is 17.4. The summed E-state index contributed by atoms with van der Waals surface area (Å²) in [6.45, 7) is 7.25. The van der Waals surface area contributed by atoms with Gasteiger partial charge in [-0.1, -0.05) is 55.5 Å². The highest BCUT2D eigenvalue weighted by atomic mass is 16.5. The van der Waals surface area contributed by atoms with Crippen molar-refractivity contribution in [1.29, 1.82) is 0 Å². The van der Waals surface area contributed by atoms with Crippen LogP contribution in [-0.2, 0) is 22.4 Å². The number of aryl methyl sites for hydroxylation is 1. The number of aromatic nitrogens is 1. The molecule has 10 heteroatoms. The van der Waals surface area contributed by atoms with Crippen LogP contribution in [0, 0.1) is 53.3 Å². The number of aliphatic imine (C=N–C) groups is 1. The van der Waals surface area contributed by atoms with Crippen molar-refractivity contribution in [3.05, 3.63) is 101 Å². The largest absolute Gasteiger partial charge is 0.504 e. The van der Waals surface area contributed by atoms with E-state index in [0.29, 0.717) is 56.8 Å². The number of carbonyl (C=O) groups is 2.